The Morgan fingerprint density at radius 3 is 2.48 bits per heavy atom. The molecule has 2 N–H and O–H groups in total. The number of anilines is 1. The summed E-state index contributed by atoms with van der Waals surface area (Å²) in [6.07, 6.45) is 1.61. The first-order valence-corrected chi connectivity index (χ1v) is 7.88. The predicted molar refractivity (Wildman–Crippen MR) is 86.6 cm³/mol. The fourth-order valence-electron chi connectivity index (χ4n) is 1.78. The first kappa shape index (κ1) is 16.4. The van der Waals surface area contributed by atoms with E-state index in [2.05, 4.69) is 10.3 Å². The van der Waals surface area contributed by atoms with E-state index in [0.29, 0.717) is 10.7 Å². The van der Waals surface area contributed by atoms with Crippen molar-refractivity contribution in [1.82, 2.24) is 4.98 Å². The number of thiazole rings is 1. The van der Waals surface area contributed by atoms with Crippen LogP contribution < -0.4 is 5.32 Å². The molecule has 0 saturated carbocycles. The van der Waals surface area contributed by atoms with E-state index in [0.717, 1.165) is 0 Å². The molecule has 0 aliphatic carbocycles. The third-order valence-electron chi connectivity index (χ3n) is 2.86. The lowest BCUT2D eigenvalue weighted by atomic mass is 9.93. The molecular weight excluding hydrogens is 355 g/mol. The van der Waals surface area contributed by atoms with Crippen molar-refractivity contribution in [3.05, 3.63) is 47.5 Å². The molecule has 2 rings (SSSR count). The van der Waals surface area contributed by atoms with E-state index >= 15 is 0 Å². The van der Waals surface area contributed by atoms with Crippen molar-refractivity contribution in [2.24, 2.45) is 0 Å². The van der Waals surface area contributed by atoms with Gasteiger partial charge in [-0.15, -0.1) is 11.3 Å². The Balaban J connectivity index is 2.30. The molecule has 0 radical (unpaired) electrons. The molecule has 0 saturated heterocycles. The molecule has 1 unspecified atom stereocenters. The highest BCUT2D eigenvalue weighted by Crippen LogP contribution is 2.47. The number of nitrogens with zero attached hydrogens (tertiary/aromatic N) is 1. The van der Waals surface area contributed by atoms with E-state index in [1.165, 1.54) is 11.3 Å². The number of halogens is 3. The van der Waals surface area contributed by atoms with Gasteiger partial charge in [0.2, 0.25) is 4.87 Å². The molecule has 0 bridgehead atoms. The van der Waals surface area contributed by atoms with Crippen LogP contribution in [0.4, 0.5) is 5.13 Å². The zero-order valence-electron chi connectivity index (χ0n) is 10.6. The van der Waals surface area contributed by atoms with Crippen LogP contribution in [0.5, 0.6) is 0 Å². The number of carbonyl (C=O) groups is 1. The number of alkyl halides is 3. The zero-order chi connectivity index (χ0) is 15.5. The van der Waals surface area contributed by atoms with Gasteiger partial charge in [-0.1, -0.05) is 65.1 Å². The maximum absolute atomic E-state index is 11.7. The Labute approximate surface area is 140 Å². The van der Waals surface area contributed by atoms with Crippen LogP contribution in [-0.4, -0.2) is 26.9 Å². The van der Waals surface area contributed by atoms with Gasteiger partial charge >= 0.3 is 5.97 Å². The van der Waals surface area contributed by atoms with Crippen LogP contribution >= 0.6 is 46.1 Å². The Morgan fingerprint density at radius 1 is 1.29 bits per heavy atom. The van der Waals surface area contributed by atoms with Crippen LogP contribution in [0.1, 0.15) is 5.56 Å². The van der Waals surface area contributed by atoms with Crippen molar-refractivity contribution in [2.75, 3.05) is 11.9 Å². The van der Waals surface area contributed by atoms with Crippen LogP contribution in [0.3, 0.4) is 0 Å². The number of carboxylic acid groups (broad SMARTS) is 1. The number of rotatable bonds is 6. The van der Waals surface area contributed by atoms with Gasteiger partial charge in [-0.05, 0) is 5.56 Å². The summed E-state index contributed by atoms with van der Waals surface area (Å²) in [4.78, 5) is 13.7. The lowest BCUT2D eigenvalue weighted by molar-refractivity contribution is -0.140. The quantitative estimate of drug-likeness (QED) is 0.761. The maximum Gasteiger partial charge on any atom is 0.332 e. The van der Waals surface area contributed by atoms with E-state index in [-0.39, 0.29) is 6.54 Å². The van der Waals surface area contributed by atoms with Crippen molar-refractivity contribution in [3.63, 3.8) is 0 Å². The highest BCUT2D eigenvalue weighted by Gasteiger charge is 2.55. The molecule has 2 aromatic rings. The van der Waals surface area contributed by atoms with Gasteiger partial charge in [0.05, 0.1) is 6.54 Å². The Bertz CT molecular complexity index is 607. The summed E-state index contributed by atoms with van der Waals surface area (Å²) >= 11 is 20.2. The molecule has 4 nitrogen and oxygen atoms in total. The van der Waals surface area contributed by atoms with Crippen molar-refractivity contribution in [1.29, 1.82) is 0 Å². The van der Waals surface area contributed by atoms with Gasteiger partial charge < -0.3 is 10.4 Å². The summed E-state index contributed by atoms with van der Waals surface area (Å²) in [5.74, 6) is -1.32. The minimum Gasteiger partial charge on any atom is -0.480 e. The van der Waals surface area contributed by atoms with Gasteiger partial charge in [-0.25, -0.2) is 9.78 Å². The van der Waals surface area contributed by atoms with Crippen LogP contribution in [0, 0.1) is 0 Å². The third-order valence-corrected chi connectivity index (χ3v) is 5.33. The number of aliphatic carboxylic acids is 1. The molecule has 0 spiro atoms. The van der Waals surface area contributed by atoms with Crippen LogP contribution in [0.25, 0.3) is 0 Å². The average molecular weight is 366 g/mol. The standard InChI is InChI=1S/C13H11Cl3N2O2S/c14-12(15,8-18-11-17-6-7-21-11)13(16,10(19)20)9-4-2-1-3-5-9/h1-7H,8H2,(H,17,18)(H,19,20). The summed E-state index contributed by atoms with van der Waals surface area (Å²) < 4.78 is -1.78. The van der Waals surface area contributed by atoms with Crippen LogP contribution in [0.15, 0.2) is 41.9 Å². The van der Waals surface area contributed by atoms with E-state index in [9.17, 15) is 9.90 Å². The Kier molecular flexibility index (Phi) is 4.99. The molecule has 0 aliphatic rings. The van der Waals surface area contributed by atoms with Gasteiger partial charge in [0.25, 0.3) is 0 Å². The topological polar surface area (TPSA) is 62.2 Å². The summed E-state index contributed by atoms with van der Waals surface area (Å²) in [6.45, 7) is -0.0751. The molecular formula is C13H11Cl3N2O2S. The zero-order valence-corrected chi connectivity index (χ0v) is 13.7. The van der Waals surface area contributed by atoms with Crippen molar-refractivity contribution in [3.8, 4) is 0 Å². The maximum atomic E-state index is 11.7. The van der Waals surface area contributed by atoms with Crippen LogP contribution in [-0.2, 0) is 9.67 Å². The van der Waals surface area contributed by atoms with Crippen molar-refractivity contribution < 1.29 is 9.90 Å². The predicted octanol–water partition coefficient (Wildman–Crippen LogP) is 3.95. The summed E-state index contributed by atoms with van der Waals surface area (Å²) in [7, 11) is 0. The summed E-state index contributed by atoms with van der Waals surface area (Å²) in [6, 6.07) is 8.25. The van der Waals surface area contributed by atoms with Crippen molar-refractivity contribution in [2.45, 2.75) is 9.21 Å². The molecule has 112 valence electrons. The monoisotopic (exact) mass is 364 g/mol. The molecule has 1 heterocycles. The second kappa shape index (κ2) is 6.40. The SMILES string of the molecule is O=C(O)C(Cl)(c1ccccc1)C(Cl)(Cl)CNc1nccs1. The highest BCUT2D eigenvalue weighted by atomic mass is 35.5. The van der Waals surface area contributed by atoms with Gasteiger partial charge in [0, 0.05) is 11.6 Å². The fourth-order valence-corrected chi connectivity index (χ4v) is 3.01. The van der Waals surface area contributed by atoms with Crippen molar-refractivity contribution >= 4 is 57.2 Å². The smallest absolute Gasteiger partial charge is 0.332 e. The van der Waals surface area contributed by atoms with E-state index in [1.807, 2.05) is 0 Å². The number of nitrogens with one attached hydrogen (secondary N) is 1. The number of hydrogen-bond acceptors (Lipinski definition) is 4. The van der Waals surface area contributed by atoms with Gasteiger partial charge in [0.15, 0.2) is 9.46 Å². The third kappa shape index (κ3) is 3.26. The second-order valence-corrected chi connectivity index (χ2v) is 7.17. The van der Waals surface area contributed by atoms with E-state index < -0.39 is 15.2 Å². The molecule has 1 aromatic carbocycles. The van der Waals surface area contributed by atoms with E-state index in [1.54, 1.807) is 41.9 Å². The van der Waals surface area contributed by atoms with Gasteiger partial charge in [-0.3, -0.25) is 0 Å². The lowest BCUT2D eigenvalue weighted by Crippen LogP contribution is -2.49. The number of benzene rings is 1. The Morgan fingerprint density at radius 2 is 1.95 bits per heavy atom. The summed E-state index contributed by atoms with van der Waals surface area (Å²) in [5, 5.41) is 14.8. The second-order valence-electron chi connectivity index (χ2n) is 4.22. The Hall–Kier alpha value is -1.01. The molecule has 0 fully saturated rings. The number of carboxylic acids is 1. The molecule has 21 heavy (non-hydrogen) atoms. The first-order valence-electron chi connectivity index (χ1n) is 5.87. The molecule has 8 heteroatoms. The molecule has 1 atom stereocenters. The highest BCUT2D eigenvalue weighted by molar-refractivity contribution is 7.13. The number of hydrogen-bond donors (Lipinski definition) is 2. The molecule has 0 aliphatic heterocycles. The van der Waals surface area contributed by atoms with E-state index in [4.69, 9.17) is 34.8 Å². The molecule has 0 amide bonds. The van der Waals surface area contributed by atoms with Crippen LogP contribution in [0.2, 0.25) is 0 Å². The minimum absolute atomic E-state index is 0.0751. The number of aromatic nitrogens is 1. The summed E-state index contributed by atoms with van der Waals surface area (Å²) in [5.41, 5.74) is 0.310. The largest absolute Gasteiger partial charge is 0.480 e. The lowest BCUT2D eigenvalue weighted by Gasteiger charge is -2.34. The first-order chi connectivity index (χ1) is 9.88. The molecule has 1 aromatic heterocycles. The fraction of sp³-hybridized carbons (Fsp3) is 0.231. The minimum atomic E-state index is -1.98. The average Bonchev–Trinajstić information content (AvgIpc) is 2.98. The van der Waals surface area contributed by atoms with Gasteiger partial charge in [-0.2, -0.15) is 0 Å². The van der Waals surface area contributed by atoms with Gasteiger partial charge in [0.1, 0.15) is 0 Å². The normalized spacial score (nSPS) is 14.4.